The summed E-state index contributed by atoms with van der Waals surface area (Å²) < 4.78 is 23.7. The van der Waals surface area contributed by atoms with Crippen LogP contribution in [0.3, 0.4) is 0 Å². The monoisotopic (exact) mass is 226 g/mol. The molecule has 1 saturated heterocycles. The summed E-state index contributed by atoms with van der Waals surface area (Å²) in [5, 5.41) is 3.03. The number of hydrogen-bond donors (Lipinski definition) is 1. The lowest BCUT2D eigenvalue weighted by Crippen LogP contribution is -2.28. The third kappa shape index (κ3) is 2.90. The lowest BCUT2D eigenvalue weighted by molar-refractivity contribution is -0.144. The minimum atomic E-state index is -0.514. The summed E-state index contributed by atoms with van der Waals surface area (Å²) >= 11 is 0. The Balaban J connectivity index is 1.79. The maximum atomic E-state index is 12.8. The molecule has 1 fully saturated rings. The minimum Gasteiger partial charge on any atom is -0.370 e. The van der Waals surface area contributed by atoms with Gasteiger partial charge >= 0.3 is 0 Å². The standard InChI is InChI=1S/C11H15FN2O2/c1-11(15-7-8-16-11)5-6-13-10-4-2-3-9(12)14-10/h2-4H,5-8H2,1H3,(H,13,14). The molecule has 0 aromatic carbocycles. The fourth-order valence-electron chi connectivity index (χ4n) is 1.63. The first-order valence-electron chi connectivity index (χ1n) is 5.32. The molecule has 0 radical (unpaired) electrons. The van der Waals surface area contributed by atoms with Crippen molar-refractivity contribution in [3.63, 3.8) is 0 Å². The topological polar surface area (TPSA) is 43.4 Å². The summed E-state index contributed by atoms with van der Waals surface area (Å²) in [5.41, 5.74) is 0. The molecule has 1 aromatic rings. The van der Waals surface area contributed by atoms with Crippen molar-refractivity contribution >= 4 is 5.82 Å². The van der Waals surface area contributed by atoms with E-state index in [-0.39, 0.29) is 0 Å². The van der Waals surface area contributed by atoms with Crippen molar-refractivity contribution in [1.82, 2.24) is 4.98 Å². The van der Waals surface area contributed by atoms with E-state index in [2.05, 4.69) is 10.3 Å². The van der Waals surface area contributed by atoms with Crippen LogP contribution in [0.5, 0.6) is 0 Å². The van der Waals surface area contributed by atoms with Gasteiger partial charge in [-0.05, 0) is 19.1 Å². The van der Waals surface area contributed by atoms with Gasteiger partial charge in [-0.25, -0.2) is 4.98 Å². The molecule has 2 heterocycles. The summed E-state index contributed by atoms with van der Waals surface area (Å²) in [6.45, 7) is 3.80. The third-order valence-corrected chi connectivity index (χ3v) is 2.50. The Hall–Kier alpha value is -1.20. The Morgan fingerprint density at radius 1 is 1.44 bits per heavy atom. The molecule has 0 unspecified atom stereocenters. The van der Waals surface area contributed by atoms with E-state index in [1.165, 1.54) is 6.07 Å². The Morgan fingerprint density at radius 3 is 2.88 bits per heavy atom. The van der Waals surface area contributed by atoms with Crippen LogP contribution in [0.25, 0.3) is 0 Å². The molecule has 1 aromatic heterocycles. The van der Waals surface area contributed by atoms with E-state index in [1.54, 1.807) is 12.1 Å². The lowest BCUT2D eigenvalue weighted by Gasteiger charge is -2.22. The summed E-state index contributed by atoms with van der Waals surface area (Å²) in [4.78, 5) is 3.70. The van der Waals surface area contributed by atoms with Gasteiger partial charge in [0.25, 0.3) is 0 Å². The van der Waals surface area contributed by atoms with Gasteiger partial charge in [0.05, 0.1) is 13.2 Å². The van der Waals surface area contributed by atoms with E-state index in [1.807, 2.05) is 6.92 Å². The number of hydrogen-bond acceptors (Lipinski definition) is 4. The van der Waals surface area contributed by atoms with Crippen LogP contribution in [-0.2, 0) is 9.47 Å². The summed E-state index contributed by atoms with van der Waals surface area (Å²) in [6.07, 6.45) is 0.700. The van der Waals surface area contributed by atoms with Crippen LogP contribution < -0.4 is 5.32 Å². The Bertz CT molecular complexity index is 354. The number of halogens is 1. The highest BCUT2D eigenvalue weighted by Crippen LogP contribution is 2.22. The molecule has 1 aliphatic heterocycles. The van der Waals surface area contributed by atoms with Crippen LogP contribution in [0.4, 0.5) is 10.2 Å². The number of ether oxygens (including phenoxy) is 2. The smallest absolute Gasteiger partial charge is 0.214 e. The largest absolute Gasteiger partial charge is 0.370 e. The van der Waals surface area contributed by atoms with Crippen LogP contribution in [-0.4, -0.2) is 30.5 Å². The van der Waals surface area contributed by atoms with Crippen LogP contribution in [0.15, 0.2) is 18.2 Å². The second kappa shape index (κ2) is 4.76. The number of pyridine rings is 1. The van der Waals surface area contributed by atoms with Crippen molar-refractivity contribution < 1.29 is 13.9 Å². The van der Waals surface area contributed by atoms with Gasteiger partial charge in [-0.1, -0.05) is 6.07 Å². The Labute approximate surface area is 93.8 Å². The highest BCUT2D eigenvalue weighted by atomic mass is 19.1. The zero-order valence-corrected chi connectivity index (χ0v) is 9.20. The lowest BCUT2D eigenvalue weighted by atomic mass is 10.2. The molecule has 1 aliphatic rings. The summed E-state index contributed by atoms with van der Waals surface area (Å²) in [6, 6.07) is 4.66. The van der Waals surface area contributed by atoms with Gasteiger partial charge in [-0.15, -0.1) is 0 Å². The normalized spacial score (nSPS) is 18.6. The SMILES string of the molecule is CC1(CCNc2cccc(F)n2)OCCO1. The van der Waals surface area contributed by atoms with E-state index in [9.17, 15) is 4.39 Å². The Kier molecular flexibility index (Phi) is 3.36. The quantitative estimate of drug-likeness (QED) is 0.795. The molecule has 0 bridgehead atoms. The van der Waals surface area contributed by atoms with E-state index in [0.29, 0.717) is 32.0 Å². The molecule has 1 N–H and O–H groups in total. The molecule has 88 valence electrons. The van der Waals surface area contributed by atoms with Crippen LogP contribution in [0, 0.1) is 5.95 Å². The molecule has 0 atom stereocenters. The fourth-order valence-corrected chi connectivity index (χ4v) is 1.63. The molecular formula is C11H15FN2O2. The van der Waals surface area contributed by atoms with Gasteiger partial charge in [0.15, 0.2) is 5.79 Å². The molecule has 0 amide bonds. The average Bonchev–Trinajstić information content (AvgIpc) is 2.65. The van der Waals surface area contributed by atoms with E-state index in [4.69, 9.17) is 9.47 Å². The van der Waals surface area contributed by atoms with Gasteiger partial charge in [-0.2, -0.15) is 4.39 Å². The number of aromatic nitrogens is 1. The van der Waals surface area contributed by atoms with Gasteiger partial charge < -0.3 is 14.8 Å². The van der Waals surface area contributed by atoms with Gasteiger partial charge in [0.2, 0.25) is 5.95 Å². The first-order chi connectivity index (χ1) is 7.68. The molecular weight excluding hydrogens is 211 g/mol. The van der Waals surface area contributed by atoms with Gasteiger partial charge in [-0.3, -0.25) is 0 Å². The van der Waals surface area contributed by atoms with E-state index in [0.717, 1.165) is 0 Å². The summed E-state index contributed by atoms with van der Waals surface area (Å²) in [5.74, 6) is -0.466. The number of nitrogens with one attached hydrogen (secondary N) is 1. The van der Waals surface area contributed by atoms with Crippen molar-refractivity contribution in [1.29, 1.82) is 0 Å². The number of anilines is 1. The highest BCUT2D eigenvalue weighted by Gasteiger charge is 2.30. The van der Waals surface area contributed by atoms with Gasteiger partial charge in [0.1, 0.15) is 5.82 Å². The first-order valence-corrected chi connectivity index (χ1v) is 5.32. The maximum Gasteiger partial charge on any atom is 0.214 e. The third-order valence-electron chi connectivity index (χ3n) is 2.50. The zero-order chi connectivity index (χ0) is 11.4. The second-order valence-corrected chi connectivity index (χ2v) is 3.85. The minimum absolute atomic E-state index is 0.482. The highest BCUT2D eigenvalue weighted by molar-refractivity contribution is 5.33. The van der Waals surface area contributed by atoms with E-state index >= 15 is 0 Å². The van der Waals surface area contributed by atoms with Crippen molar-refractivity contribution in [3.05, 3.63) is 24.1 Å². The Morgan fingerprint density at radius 2 is 2.19 bits per heavy atom. The van der Waals surface area contributed by atoms with Gasteiger partial charge in [0, 0.05) is 13.0 Å². The van der Waals surface area contributed by atoms with Crippen molar-refractivity contribution in [2.75, 3.05) is 25.1 Å². The predicted octanol–water partition coefficient (Wildman–Crippen LogP) is 1.79. The zero-order valence-electron chi connectivity index (χ0n) is 9.20. The van der Waals surface area contributed by atoms with Crippen molar-refractivity contribution in [2.45, 2.75) is 19.1 Å². The molecule has 5 heteroatoms. The molecule has 0 spiro atoms. The second-order valence-electron chi connectivity index (χ2n) is 3.85. The molecule has 4 nitrogen and oxygen atoms in total. The van der Waals surface area contributed by atoms with Crippen molar-refractivity contribution in [3.8, 4) is 0 Å². The molecule has 2 rings (SSSR count). The number of nitrogens with zero attached hydrogens (tertiary/aromatic N) is 1. The molecule has 0 aliphatic carbocycles. The molecule has 16 heavy (non-hydrogen) atoms. The van der Waals surface area contributed by atoms with E-state index < -0.39 is 11.7 Å². The maximum absolute atomic E-state index is 12.8. The average molecular weight is 226 g/mol. The predicted molar refractivity (Wildman–Crippen MR) is 57.6 cm³/mol. The number of rotatable bonds is 4. The molecule has 0 saturated carbocycles. The summed E-state index contributed by atoms with van der Waals surface area (Å²) in [7, 11) is 0. The van der Waals surface area contributed by atoms with Crippen LogP contribution in [0.1, 0.15) is 13.3 Å². The van der Waals surface area contributed by atoms with Crippen LogP contribution in [0.2, 0.25) is 0 Å². The van der Waals surface area contributed by atoms with Crippen molar-refractivity contribution in [2.24, 2.45) is 0 Å². The van der Waals surface area contributed by atoms with Crippen LogP contribution >= 0.6 is 0 Å². The fraction of sp³-hybridized carbons (Fsp3) is 0.545. The first kappa shape index (κ1) is 11.3.